The summed E-state index contributed by atoms with van der Waals surface area (Å²) in [6, 6.07) is 0. The fourth-order valence-corrected chi connectivity index (χ4v) is 0.784. The lowest BCUT2D eigenvalue weighted by atomic mass is 10.5. The fraction of sp³-hybridized carbons (Fsp3) is 0. The number of rotatable bonds is 0. The van der Waals surface area contributed by atoms with Gasteiger partial charge < -0.3 is 16.2 Å². The number of nitrogen functional groups attached to an aromatic ring is 1. The number of hydrogen-bond acceptors (Lipinski definition) is 4. The van der Waals surface area contributed by atoms with Crippen molar-refractivity contribution in [3.8, 4) is 0 Å². The number of nitrogens with one attached hydrogen (secondary N) is 1. The molecular formula is C5H8ClN5O. The molecule has 0 aliphatic rings. The van der Waals surface area contributed by atoms with Crippen LogP contribution in [0.1, 0.15) is 0 Å². The summed E-state index contributed by atoms with van der Waals surface area (Å²) in [5.74, 6) is 0.433. The van der Waals surface area contributed by atoms with Gasteiger partial charge in [-0.2, -0.15) is 0 Å². The normalized spacial score (nSPS) is 8.67. The molecule has 6 nitrogen and oxygen atoms in total. The molecule has 5 N–H and O–H groups in total. The average molecular weight is 190 g/mol. The van der Waals surface area contributed by atoms with Crippen molar-refractivity contribution in [1.82, 2.24) is 19.9 Å². The minimum absolute atomic E-state index is 0. The highest BCUT2D eigenvalue weighted by Crippen LogP contribution is 2.09. The second kappa shape index (κ2) is 3.84. The number of fused-ring (bicyclic) bond motifs is 1. The number of nitrogens with zero attached hydrogens (tertiary/aromatic N) is 3. The summed E-state index contributed by atoms with van der Waals surface area (Å²) in [6.45, 7) is 0. The van der Waals surface area contributed by atoms with Gasteiger partial charge in [0.25, 0.3) is 0 Å². The molecule has 2 heterocycles. The molecule has 0 aliphatic heterocycles. The zero-order chi connectivity index (χ0) is 6.97. The van der Waals surface area contributed by atoms with Crippen LogP contribution in [0.3, 0.4) is 0 Å². The Labute approximate surface area is 74.0 Å². The fourth-order valence-electron chi connectivity index (χ4n) is 0.784. The molecule has 0 aliphatic carbocycles. The maximum absolute atomic E-state index is 5.48. The van der Waals surface area contributed by atoms with Crippen LogP contribution >= 0.6 is 12.4 Å². The van der Waals surface area contributed by atoms with Gasteiger partial charge in [0.15, 0.2) is 11.5 Å². The lowest BCUT2D eigenvalue weighted by molar-refractivity contribution is 0.824. The summed E-state index contributed by atoms with van der Waals surface area (Å²) < 4.78 is 0. The van der Waals surface area contributed by atoms with E-state index in [2.05, 4.69) is 19.9 Å². The largest absolute Gasteiger partial charge is 0.412 e. The predicted molar refractivity (Wildman–Crippen MR) is 47.0 cm³/mol. The standard InChI is InChI=1S/C5H5N5.ClH.H2O/c6-4-3-5(9-1-7-3)10-2-8-4;;/h1-2H,(H3,6,7,8,9,10);1H;1H2. The van der Waals surface area contributed by atoms with Crippen LogP contribution in [0.25, 0.3) is 11.2 Å². The van der Waals surface area contributed by atoms with E-state index in [1.807, 2.05) is 0 Å². The van der Waals surface area contributed by atoms with Crippen LogP contribution in [0, 0.1) is 0 Å². The molecule has 0 fully saturated rings. The van der Waals surface area contributed by atoms with E-state index in [1.54, 1.807) is 0 Å². The average Bonchev–Trinajstić information content (AvgIpc) is 2.36. The molecule has 0 bridgehead atoms. The van der Waals surface area contributed by atoms with Crippen LogP contribution in [0.15, 0.2) is 12.7 Å². The van der Waals surface area contributed by atoms with Crippen LogP contribution in [0.5, 0.6) is 0 Å². The van der Waals surface area contributed by atoms with Gasteiger partial charge in [-0.3, -0.25) is 0 Å². The van der Waals surface area contributed by atoms with Crippen LogP contribution in [0.2, 0.25) is 0 Å². The highest BCUT2D eigenvalue weighted by Gasteiger charge is 1.99. The van der Waals surface area contributed by atoms with E-state index in [-0.39, 0.29) is 17.9 Å². The predicted octanol–water partition coefficient (Wildman–Crippen LogP) is -0.468. The van der Waals surface area contributed by atoms with Crippen molar-refractivity contribution in [1.29, 1.82) is 0 Å². The van der Waals surface area contributed by atoms with E-state index in [0.717, 1.165) is 0 Å². The SMILES string of the molecule is Cl.Nc1ncnc2nc[nH]c12.O. The maximum atomic E-state index is 5.48. The molecule has 2 rings (SSSR count). The first-order chi connectivity index (χ1) is 4.88. The van der Waals surface area contributed by atoms with Crippen molar-refractivity contribution in [3.05, 3.63) is 12.7 Å². The van der Waals surface area contributed by atoms with Crippen molar-refractivity contribution in [2.75, 3.05) is 5.73 Å². The van der Waals surface area contributed by atoms with Crippen molar-refractivity contribution < 1.29 is 5.48 Å². The first-order valence-corrected chi connectivity index (χ1v) is 2.77. The second-order valence-corrected chi connectivity index (χ2v) is 1.86. The molecule has 2 aromatic heterocycles. The monoisotopic (exact) mass is 189 g/mol. The molecule has 12 heavy (non-hydrogen) atoms. The number of hydrogen-bond donors (Lipinski definition) is 2. The Morgan fingerprint density at radius 2 is 2.00 bits per heavy atom. The summed E-state index contributed by atoms with van der Waals surface area (Å²) in [4.78, 5) is 14.4. The Bertz CT molecular complexity index is 361. The number of H-pyrrole nitrogens is 1. The Hall–Kier alpha value is -1.40. The van der Waals surface area contributed by atoms with Gasteiger partial charge in [-0.15, -0.1) is 12.4 Å². The molecule has 0 spiro atoms. The molecule has 0 saturated heterocycles. The molecule has 0 amide bonds. The summed E-state index contributed by atoms with van der Waals surface area (Å²) in [5, 5.41) is 0. The lowest BCUT2D eigenvalue weighted by Gasteiger charge is -1.89. The third-order valence-electron chi connectivity index (χ3n) is 1.25. The second-order valence-electron chi connectivity index (χ2n) is 1.86. The molecule has 0 saturated carbocycles. The molecule has 0 unspecified atom stereocenters. The van der Waals surface area contributed by atoms with Crippen molar-refractivity contribution in [3.63, 3.8) is 0 Å². The van der Waals surface area contributed by atoms with Crippen molar-refractivity contribution in [2.45, 2.75) is 0 Å². The number of aromatic nitrogens is 4. The van der Waals surface area contributed by atoms with Crippen molar-refractivity contribution >= 4 is 29.4 Å². The number of aromatic amines is 1. The van der Waals surface area contributed by atoms with E-state index in [4.69, 9.17) is 5.73 Å². The van der Waals surface area contributed by atoms with Gasteiger partial charge in [0.1, 0.15) is 11.8 Å². The minimum Gasteiger partial charge on any atom is -0.412 e. The third kappa shape index (κ3) is 1.44. The third-order valence-corrected chi connectivity index (χ3v) is 1.25. The summed E-state index contributed by atoms with van der Waals surface area (Å²) in [6.07, 6.45) is 2.92. The summed E-state index contributed by atoms with van der Waals surface area (Å²) in [7, 11) is 0. The smallest absolute Gasteiger partial charge is 0.182 e. The Morgan fingerprint density at radius 1 is 1.25 bits per heavy atom. The molecule has 0 atom stereocenters. The van der Waals surface area contributed by atoms with Gasteiger partial charge in [-0.25, -0.2) is 15.0 Å². The number of imidazole rings is 1. The van der Waals surface area contributed by atoms with Gasteiger partial charge in [-0.05, 0) is 0 Å². The summed E-state index contributed by atoms with van der Waals surface area (Å²) in [5.41, 5.74) is 6.78. The molecule has 2 aromatic rings. The van der Waals surface area contributed by atoms with E-state index in [9.17, 15) is 0 Å². The van der Waals surface area contributed by atoms with E-state index >= 15 is 0 Å². The van der Waals surface area contributed by atoms with Gasteiger partial charge >= 0.3 is 0 Å². The van der Waals surface area contributed by atoms with E-state index in [0.29, 0.717) is 17.0 Å². The number of anilines is 1. The Kier molecular flexibility index (Phi) is 3.39. The summed E-state index contributed by atoms with van der Waals surface area (Å²) >= 11 is 0. The number of halogens is 1. The van der Waals surface area contributed by atoms with Crippen LogP contribution in [0.4, 0.5) is 5.82 Å². The van der Waals surface area contributed by atoms with Gasteiger partial charge in [0.2, 0.25) is 0 Å². The Morgan fingerprint density at radius 3 is 2.67 bits per heavy atom. The zero-order valence-corrected chi connectivity index (χ0v) is 6.80. The molecule has 0 radical (unpaired) electrons. The van der Waals surface area contributed by atoms with Crippen LogP contribution < -0.4 is 5.73 Å². The van der Waals surface area contributed by atoms with Crippen LogP contribution in [-0.2, 0) is 0 Å². The topological polar surface area (TPSA) is 112 Å². The van der Waals surface area contributed by atoms with Crippen molar-refractivity contribution in [2.24, 2.45) is 0 Å². The number of nitrogens with two attached hydrogens (primary N) is 1. The molecule has 0 aromatic carbocycles. The zero-order valence-electron chi connectivity index (χ0n) is 5.98. The highest BCUT2D eigenvalue weighted by atomic mass is 35.5. The highest BCUT2D eigenvalue weighted by molar-refractivity contribution is 5.85. The molecule has 66 valence electrons. The maximum Gasteiger partial charge on any atom is 0.182 e. The quantitative estimate of drug-likeness (QED) is 0.584. The Balaban J connectivity index is 0.000000605. The lowest BCUT2D eigenvalue weighted by Crippen LogP contribution is -1.91. The van der Waals surface area contributed by atoms with Gasteiger partial charge in [0, 0.05) is 0 Å². The first kappa shape index (κ1) is 10.6. The minimum atomic E-state index is 0. The van der Waals surface area contributed by atoms with Gasteiger partial charge in [0.05, 0.1) is 6.33 Å². The van der Waals surface area contributed by atoms with Crippen LogP contribution in [-0.4, -0.2) is 25.4 Å². The van der Waals surface area contributed by atoms with E-state index in [1.165, 1.54) is 12.7 Å². The van der Waals surface area contributed by atoms with Gasteiger partial charge in [-0.1, -0.05) is 0 Å². The first-order valence-electron chi connectivity index (χ1n) is 2.77. The molecule has 7 heteroatoms. The molecular weight excluding hydrogens is 182 g/mol. The van der Waals surface area contributed by atoms with E-state index < -0.39 is 0 Å².